The van der Waals surface area contributed by atoms with Crippen LogP contribution in [0.2, 0.25) is 0 Å². The summed E-state index contributed by atoms with van der Waals surface area (Å²) in [6.45, 7) is 0. The third-order valence-electron chi connectivity index (χ3n) is 2.57. The summed E-state index contributed by atoms with van der Waals surface area (Å²) in [4.78, 5) is 34.2. The van der Waals surface area contributed by atoms with Crippen LogP contribution in [-0.4, -0.2) is 24.9 Å². The minimum Gasteiger partial charge on any atom is -0.386 e. The maximum Gasteiger partial charge on any atom is 0.328 e. The van der Waals surface area contributed by atoms with E-state index in [9.17, 15) is 14.4 Å². The van der Waals surface area contributed by atoms with E-state index < -0.39 is 17.8 Å². The molecule has 20 heavy (non-hydrogen) atoms. The summed E-state index contributed by atoms with van der Waals surface area (Å²) < 4.78 is 1.94. The molecule has 2 rings (SSSR count). The summed E-state index contributed by atoms with van der Waals surface area (Å²) in [5, 5.41) is 7.15. The number of benzene rings is 1. The number of hydrogen-bond donors (Lipinski definition) is 3. The van der Waals surface area contributed by atoms with E-state index in [1.165, 1.54) is 6.08 Å². The second-order valence-electron chi connectivity index (χ2n) is 3.90. The molecule has 0 spiro atoms. The smallest absolute Gasteiger partial charge is 0.328 e. The van der Waals surface area contributed by atoms with Crippen molar-refractivity contribution in [3.05, 3.63) is 30.4 Å². The van der Waals surface area contributed by atoms with Gasteiger partial charge < -0.3 is 5.32 Å². The van der Waals surface area contributed by atoms with E-state index in [4.69, 9.17) is 0 Å². The molecule has 1 aliphatic rings. The van der Waals surface area contributed by atoms with E-state index in [2.05, 4.69) is 50.5 Å². The Morgan fingerprint density at radius 1 is 1.05 bits per heavy atom. The Bertz CT molecular complexity index is 610. The number of halogens is 2. The van der Waals surface area contributed by atoms with Gasteiger partial charge in [-0.25, -0.2) is 4.79 Å². The molecule has 0 bridgehead atoms. The summed E-state index contributed by atoms with van der Waals surface area (Å²) in [6, 6.07) is 2.89. The Labute approximate surface area is 142 Å². The molecule has 1 heterocycles. The van der Waals surface area contributed by atoms with Crippen LogP contribution in [0, 0.1) is 7.14 Å². The Balaban J connectivity index is 2.42. The topological polar surface area (TPSA) is 87.3 Å². The zero-order chi connectivity index (χ0) is 14.9. The average molecular weight is 497 g/mol. The molecule has 4 amide bonds. The van der Waals surface area contributed by atoms with Gasteiger partial charge in [0, 0.05) is 14.2 Å². The molecule has 0 unspecified atom stereocenters. The summed E-state index contributed by atoms with van der Waals surface area (Å²) in [7, 11) is 1.82. The first-order valence-corrected chi connectivity index (χ1v) is 7.63. The van der Waals surface area contributed by atoms with Crippen molar-refractivity contribution in [3.63, 3.8) is 0 Å². The Morgan fingerprint density at radius 2 is 1.55 bits per heavy atom. The van der Waals surface area contributed by atoms with Crippen LogP contribution in [0.5, 0.6) is 0 Å². The summed E-state index contributed by atoms with van der Waals surface area (Å²) in [5.74, 6) is -1.39. The molecule has 1 aliphatic heterocycles. The summed E-state index contributed by atoms with van der Waals surface area (Å²) in [5.41, 5.74) is 1.61. The maximum absolute atomic E-state index is 11.6. The number of hydrogen-bond acceptors (Lipinski definition) is 4. The fourth-order valence-corrected chi connectivity index (χ4v) is 4.04. The molecule has 8 heteroatoms. The molecule has 0 saturated carbocycles. The first kappa shape index (κ1) is 15.2. The van der Waals surface area contributed by atoms with Crippen molar-refractivity contribution < 1.29 is 14.4 Å². The predicted octanol–water partition coefficient (Wildman–Crippen LogP) is 1.69. The van der Waals surface area contributed by atoms with Crippen LogP contribution in [-0.2, 0) is 9.59 Å². The molecule has 1 aromatic rings. The van der Waals surface area contributed by atoms with Crippen LogP contribution in [0.1, 0.15) is 5.56 Å². The first-order valence-electron chi connectivity index (χ1n) is 5.47. The van der Waals surface area contributed by atoms with E-state index in [0.29, 0.717) is 5.56 Å². The number of nitrogens with one attached hydrogen (secondary N) is 3. The number of amides is 4. The van der Waals surface area contributed by atoms with Crippen LogP contribution in [0.25, 0.3) is 6.08 Å². The van der Waals surface area contributed by atoms with Crippen molar-refractivity contribution in [2.45, 2.75) is 0 Å². The van der Waals surface area contributed by atoms with Gasteiger partial charge in [-0.15, -0.1) is 0 Å². The van der Waals surface area contributed by atoms with Gasteiger partial charge in [-0.1, -0.05) is 0 Å². The van der Waals surface area contributed by atoms with Gasteiger partial charge in [0.05, 0.1) is 5.69 Å². The monoisotopic (exact) mass is 497 g/mol. The third kappa shape index (κ3) is 3.11. The Kier molecular flexibility index (Phi) is 4.62. The highest BCUT2D eigenvalue weighted by Gasteiger charge is 2.27. The van der Waals surface area contributed by atoms with E-state index in [0.717, 1.165) is 12.8 Å². The second-order valence-corrected chi connectivity index (χ2v) is 6.23. The normalized spacial score (nSPS) is 14.8. The lowest BCUT2D eigenvalue weighted by Crippen LogP contribution is -2.51. The molecule has 0 aliphatic carbocycles. The van der Waals surface area contributed by atoms with Crippen molar-refractivity contribution in [2.24, 2.45) is 0 Å². The summed E-state index contributed by atoms with van der Waals surface area (Å²) in [6.07, 6.45) is 1.46. The molecular weight excluding hydrogens is 488 g/mol. The minimum absolute atomic E-state index is 0.0894. The lowest BCUT2D eigenvalue weighted by Gasteiger charge is -2.14. The zero-order valence-corrected chi connectivity index (χ0v) is 14.5. The lowest BCUT2D eigenvalue weighted by atomic mass is 10.1. The van der Waals surface area contributed by atoms with Crippen LogP contribution < -0.4 is 16.0 Å². The first-order chi connectivity index (χ1) is 9.42. The van der Waals surface area contributed by atoms with E-state index >= 15 is 0 Å². The van der Waals surface area contributed by atoms with Crippen LogP contribution >= 0.6 is 45.2 Å². The zero-order valence-electron chi connectivity index (χ0n) is 10.2. The van der Waals surface area contributed by atoms with Crippen molar-refractivity contribution in [1.82, 2.24) is 10.6 Å². The summed E-state index contributed by atoms with van der Waals surface area (Å²) >= 11 is 4.34. The number of rotatable bonds is 2. The molecular formula is C12H9I2N3O3. The van der Waals surface area contributed by atoms with Gasteiger partial charge >= 0.3 is 6.03 Å². The molecule has 1 saturated heterocycles. The largest absolute Gasteiger partial charge is 0.386 e. The molecule has 0 atom stereocenters. The molecule has 3 N–H and O–H groups in total. The van der Waals surface area contributed by atoms with E-state index in [1.54, 1.807) is 0 Å². The average Bonchev–Trinajstić information content (AvgIpc) is 2.33. The van der Waals surface area contributed by atoms with Gasteiger partial charge in [0.15, 0.2) is 0 Å². The van der Waals surface area contributed by atoms with Crippen molar-refractivity contribution in [3.8, 4) is 0 Å². The van der Waals surface area contributed by atoms with Gasteiger partial charge in [0.2, 0.25) is 0 Å². The number of barbiturate groups is 1. The van der Waals surface area contributed by atoms with E-state index in [-0.39, 0.29) is 5.57 Å². The molecule has 1 aromatic carbocycles. The number of carbonyl (C=O) groups is 3. The van der Waals surface area contributed by atoms with Crippen molar-refractivity contribution >= 4 is 74.8 Å². The van der Waals surface area contributed by atoms with Gasteiger partial charge in [0.1, 0.15) is 5.57 Å². The lowest BCUT2D eigenvalue weighted by molar-refractivity contribution is -0.123. The molecule has 104 valence electrons. The second kappa shape index (κ2) is 6.08. The molecule has 1 fully saturated rings. The quantitative estimate of drug-likeness (QED) is 0.330. The highest BCUT2D eigenvalue weighted by atomic mass is 127. The number of anilines is 1. The number of imide groups is 2. The third-order valence-corrected chi connectivity index (χ3v) is 4.27. The van der Waals surface area contributed by atoms with Gasteiger partial charge in [-0.3, -0.25) is 20.2 Å². The molecule has 0 aromatic heterocycles. The van der Waals surface area contributed by atoms with Crippen LogP contribution in [0.15, 0.2) is 17.7 Å². The Hall–Kier alpha value is -1.17. The number of urea groups is 1. The highest BCUT2D eigenvalue weighted by molar-refractivity contribution is 14.1. The predicted molar refractivity (Wildman–Crippen MR) is 91.1 cm³/mol. The SMILES string of the molecule is CNc1c(I)cc(C=C2C(=O)NC(=O)NC2=O)cc1I. The minimum atomic E-state index is -0.799. The van der Waals surface area contributed by atoms with Gasteiger partial charge in [-0.2, -0.15) is 0 Å². The van der Waals surface area contributed by atoms with Crippen molar-refractivity contribution in [1.29, 1.82) is 0 Å². The van der Waals surface area contributed by atoms with Gasteiger partial charge in [0.25, 0.3) is 11.8 Å². The number of carbonyl (C=O) groups excluding carboxylic acids is 3. The maximum atomic E-state index is 11.6. The van der Waals surface area contributed by atoms with Crippen LogP contribution in [0.4, 0.5) is 10.5 Å². The highest BCUT2D eigenvalue weighted by Crippen LogP contribution is 2.27. The van der Waals surface area contributed by atoms with Gasteiger partial charge in [-0.05, 0) is 69.0 Å². The van der Waals surface area contributed by atoms with E-state index in [1.807, 2.05) is 29.8 Å². The Morgan fingerprint density at radius 3 is 2.00 bits per heavy atom. The fraction of sp³-hybridized carbons (Fsp3) is 0.0833. The standard InChI is InChI=1S/C12H9I2N3O3/c1-15-9-7(13)3-5(4-8(9)14)2-6-10(18)16-12(20)17-11(6)19/h2-4,15H,1H3,(H2,16,17,18,19,20). The fourth-order valence-electron chi connectivity index (χ4n) is 1.69. The van der Waals surface area contributed by atoms with Crippen LogP contribution in [0.3, 0.4) is 0 Å². The molecule has 6 nitrogen and oxygen atoms in total. The molecule has 0 radical (unpaired) electrons. The van der Waals surface area contributed by atoms with Crippen molar-refractivity contribution in [2.75, 3.05) is 12.4 Å².